The van der Waals surface area contributed by atoms with E-state index >= 15 is 0 Å². The number of carboxylic acid groups (broad SMARTS) is 1. The topological polar surface area (TPSA) is 177 Å². The predicted octanol–water partition coefficient (Wildman–Crippen LogP) is 15.7. The highest BCUT2D eigenvalue weighted by Crippen LogP contribution is 2.50. The number of ketones is 1. The first-order chi connectivity index (χ1) is 36.5. The van der Waals surface area contributed by atoms with E-state index in [0.29, 0.717) is 84.1 Å². The van der Waals surface area contributed by atoms with E-state index in [4.69, 9.17) is 50.8 Å². The lowest BCUT2D eigenvalue weighted by molar-refractivity contribution is -0.137. The first-order valence-corrected chi connectivity index (χ1v) is 27.5. The Labute approximate surface area is 456 Å². The number of hydrogen-bond acceptors (Lipinski definition) is 12. The van der Waals surface area contributed by atoms with Crippen molar-refractivity contribution in [2.75, 3.05) is 13.2 Å². The minimum Gasteiger partial charge on any atom is -0.481 e. The van der Waals surface area contributed by atoms with Gasteiger partial charge in [0, 0.05) is 84.0 Å². The second-order valence-corrected chi connectivity index (χ2v) is 23.9. The second kappa shape index (κ2) is 26.0. The van der Waals surface area contributed by atoms with Gasteiger partial charge in [0.25, 0.3) is 0 Å². The van der Waals surface area contributed by atoms with Crippen molar-refractivity contribution in [1.82, 2.24) is 20.6 Å². The maximum atomic E-state index is 13.4. The third kappa shape index (κ3) is 16.8. The molecule has 2 fully saturated rings. The van der Waals surface area contributed by atoms with Crippen LogP contribution in [0.25, 0.3) is 22.9 Å². The summed E-state index contributed by atoms with van der Waals surface area (Å²) in [5.74, 6) is 2.51. The van der Waals surface area contributed by atoms with Gasteiger partial charge in [-0.25, -0.2) is 0 Å². The van der Waals surface area contributed by atoms with E-state index < -0.39 is 5.97 Å². The molecule has 13 nitrogen and oxygen atoms in total. The molecule has 0 unspecified atom stereocenters. The normalized spacial score (nSPS) is 14.6. The van der Waals surface area contributed by atoms with Crippen molar-refractivity contribution in [3.63, 3.8) is 0 Å². The number of carbonyl (C=O) groups excluding carboxylic acids is 1. The Bertz CT molecular complexity index is 2960. The molecule has 0 radical (unpaired) electrons. The number of hydrogen-bond donors (Lipinski definition) is 1. The molecule has 4 heterocycles. The number of nitrogens with zero attached hydrogens (tertiary/aromatic N) is 4. The number of aliphatic carboxylic acids is 1. The van der Waals surface area contributed by atoms with Crippen molar-refractivity contribution in [2.45, 2.75) is 162 Å². The number of carboxylic acids is 1. The fourth-order valence-corrected chi connectivity index (χ4v) is 10.1. The van der Waals surface area contributed by atoms with Crippen molar-refractivity contribution in [3.05, 3.63) is 152 Å². The van der Waals surface area contributed by atoms with Crippen molar-refractivity contribution in [2.24, 2.45) is 10.8 Å². The Morgan fingerprint density at radius 2 is 1.08 bits per heavy atom. The zero-order valence-electron chi connectivity index (χ0n) is 44.7. The first-order valence-electron chi connectivity index (χ1n) is 26.8. The molecule has 0 spiro atoms. The fourth-order valence-electron chi connectivity index (χ4n) is 9.66. The van der Waals surface area contributed by atoms with Gasteiger partial charge in [-0.15, -0.1) is 0 Å². The van der Waals surface area contributed by atoms with Gasteiger partial charge in [-0.3, -0.25) is 9.59 Å². The molecular formula is C61H72Cl2N4O9. The van der Waals surface area contributed by atoms with Crippen LogP contribution in [-0.4, -0.2) is 50.7 Å². The van der Waals surface area contributed by atoms with Crippen molar-refractivity contribution in [1.29, 1.82) is 0 Å². The Morgan fingerprint density at radius 1 is 0.618 bits per heavy atom. The van der Waals surface area contributed by atoms with Crippen LogP contribution in [0, 0.1) is 10.8 Å². The summed E-state index contributed by atoms with van der Waals surface area (Å²) in [5.41, 5.74) is 8.18. The highest BCUT2D eigenvalue weighted by Gasteiger charge is 2.39. The van der Waals surface area contributed by atoms with E-state index in [1.165, 1.54) is 0 Å². The van der Waals surface area contributed by atoms with Gasteiger partial charge in [0.15, 0.2) is 22.9 Å². The second-order valence-electron chi connectivity index (χ2n) is 23.0. The monoisotopic (exact) mass is 1070 g/mol. The third-order valence-corrected chi connectivity index (χ3v) is 14.0. The molecule has 0 aliphatic heterocycles. The summed E-state index contributed by atoms with van der Waals surface area (Å²) >= 11 is 12.5. The maximum Gasteiger partial charge on any atom is 0.304 e. The first kappa shape index (κ1) is 56.3. The van der Waals surface area contributed by atoms with Crippen LogP contribution in [0.2, 0.25) is 10.0 Å². The largest absolute Gasteiger partial charge is 0.481 e. The van der Waals surface area contributed by atoms with Crippen LogP contribution >= 0.6 is 23.2 Å². The summed E-state index contributed by atoms with van der Waals surface area (Å²) in [6.07, 6.45) is 9.30. The molecule has 1 N–H and O–H groups in total. The molecule has 2 atom stereocenters. The Hall–Kier alpha value is -5.86. The van der Waals surface area contributed by atoms with Gasteiger partial charge in [-0.05, 0) is 103 Å². The van der Waals surface area contributed by atoms with Gasteiger partial charge in [-0.1, -0.05) is 152 Å². The van der Waals surface area contributed by atoms with Crippen LogP contribution in [-0.2, 0) is 51.5 Å². The highest BCUT2D eigenvalue weighted by atomic mass is 35.5. The van der Waals surface area contributed by atoms with E-state index in [2.05, 4.69) is 74.3 Å². The SMILES string of the molecule is CC(C)(C)Cc1cc(-c2onc([C@@H](CCCOCc3ccccc3)CC(=O)Cc3ccc(Cl)cc3Cl)c2C2CC2)no1.CC(C)(C)Cc1cc(-c2onc([C@@H](CCCOCc3ccccc3)CC(=O)O)c2C2CC2)no1. The van der Waals surface area contributed by atoms with E-state index in [1.807, 2.05) is 66.7 Å². The van der Waals surface area contributed by atoms with E-state index in [1.54, 1.807) is 12.1 Å². The van der Waals surface area contributed by atoms with Crippen LogP contribution in [0.3, 0.4) is 0 Å². The van der Waals surface area contributed by atoms with Crippen LogP contribution in [0.15, 0.2) is 109 Å². The molecule has 9 rings (SSSR count). The number of ether oxygens (including phenoxy) is 2. The Morgan fingerprint density at radius 3 is 1.50 bits per heavy atom. The molecule has 2 saturated carbocycles. The number of halogens is 2. The lowest BCUT2D eigenvalue weighted by Crippen LogP contribution is -2.13. The Kier molecular flexibility index (Phi) is 19.3. The molecule has 0 saturated heterocycles. The van der Waals surface area contributed by atoms with E-state index in [0.717, 1.165) is 109 Å². The predicted molar refractivity (Wildman–Crippen MR) is 292 cm³/mol. The number of carbonyl (C=O) groups is 2. The van der Waals surface area contributed by atoms with Gasteiger partial charge in [0.05, 0.1) is 31.0 Å². The molecule has 3 aromatic carbocycles. The van der Waals surface area contributed by atoms with E-state index in [9.17, 15) is 14.7 Å². The molecule has 15 heteroatoms. The van der Waals surface area contributed by atoms with Crippen LogP contribution in [0.5, 0.6) is 0 Å². The molecule has 2 aliphatic carbocycles. The van der Waals surface area contributed by atoms with E-state index in [-0.39, 0.29) is 41.3 Å². The average molecular weight is 1080 g/mol. The molecule has 4 aromatic heterocycles. The summed E-state index contributed by atoms with van der Waals surface area (Å²) in [7, 11) is 0. The minimum absolute atomic E-state index is 0.0124. The third-order valence-electron chi connectivity index (χ3n) is 13.5. The van der Waals surface area contributed by atoms with Gasteiger partial charge in [-0.2, -0.15) is 0 Å². The summed E-state index contributed by atoms with van der Waals surface area (Å²) < 4.78 is 34.7. The van der Waals surface area contributed by atoms with Gasteiger partial charge >= 0.3 is 5.97 Å². The number of benzene rings is 3. The summed E-state index contributed by atoms with van der Waals surface area (Å²) in [6, 6.07) is 29.3. The maximum absolute atomic E-state index is 13.4. The minimum atomic E-state index is -0.838. The zero-order chi connectivity index (χ0) is 53.8. The van der Waals surface area contributed by atoms with Crippen molar-refractivity contribution in [3.8, 4) is 22.9 Å². The van der Waals surface area contributed by atoms with Crippen LogP contribution in [0.4, 0.5) is 0 Å². The molecular weight excluding hydrogens is 1000 g/mol. The average Bonchev–Trinajstić information content (AvgIpc) is 4.18. The lowest BCUT2D eigenvalue weighted by atomic mass is 9.87. The smallest absolute Gasteiger partial charge is 0.304 e. The zero-order valence-corrected chi connectivity index (χ0v) is 46.3. The quantitative estimate of drug-likeness (QED) is 0.0507. The molecule has 76 heavy (non-hydrogen) atoms. The van der Waals surface area contributed by atoms with Crippen LogP contribution < -0.4 is 0 Å². The van der Waals surface area contributed by atoms with Crippen LogP contribution in [0.1, 0.15) is 180 Å². The highest BCUT2D eigenvalue weighted by molar-refractivity contribution is 6.35. The summed E-state index contributed by atoms with van der Waals surface area (Å²) in [6.45, 7) is 15.2. The number of Topliss-reactive ketones (excluding diaryl/α,β-unsaturated/α-hetero) is 1. The molecule has 7 aromatic rings. The molecule has 2 aliphatic rings. The summed E-state index contributed by atoms with van der Waals surface area (Å²) in [4.78, 5) is 25.1. The molecule has 0 bridgehead atoms. The van der Waals surface area contributed by atoms with Gasteiger partial charge < -0.3 is 32.7 Å². The standard InChI is InChI=1S/C34H38Cl2N2O4.C27H34N2O5/c1-34(2,3)20-28-19-30(37-41-28)33-31(23-11-12-23)32(38-42-33)25(10-7-15-40-21-22-8-5-4-6-9-22)17-27(39)16-24-13-14-26(35)18-29(24)36;1-27(2,3)16-21-15-22(28-33-21)26-24(19-11-12-19)25(29-34-26)20(14-23(30)31)10-7-13-32-17-18-8-5-4-6-9-18/h4-6,8-9,13-14,18-19,23,25H,7,10-12,15-17,20-21H2,1-3H3;4-6,8-9,15,19-20H,7,10-14,16-17H2,1-3H3,(H,30,31)/t25-;20-/m00/s1. The molecule has 0 amide bonds. The molecule has 404 valence electrons. The van der Waals surface area contributed by atoms with Crippen molar-refractivity contribution >= 4 is 35.0 Å². The lowest BCUT2D eigenvalue weighted by Gasteiger charge is -2.16. The summed E-state index contributed by atoms with van der Waals surface area (Å²) in [5, 5.41) is 28.2. The number of aromatic nitrogens is 4. The number of rotatable bonds is 26. The Balaban J connectivity index is 0.000000206. The van der Waals surface area contributed by atoms with Gasteiger partial charge in [0.2, 0.25) is 0 Å². The van der Waals surface area contributed by atoms with Gasteiger partial charge in [0.1, 0.15) is 17.3 Å². The fraction of sp³-hybridized carbons (Fsp3) is 0.475. The van der Waals surface area contributed by atoms with Crippen molar-refractivity contribution < 1.29 is 42.3 Å².